The van der Waals surface area contributed by atoms with Crippen LogP contribution in [0.2, 0.25) is 0 Å². The van der Waals surface area contributed by atoms with Gasteiger partial charge in [-0.05, 0) is 35.8 Å². The summed E-state index contributed by atoms with van der Waals surface area (Å²) < 4.78 is 1.86. The summed E-state index contributed by atoms with van der Waals surface area (Å²) >= 11 is 3.19. The van der Waals surface area contributed by atoms with Gasteiger partial charge in [0.15, 0.2) is 0 Å². The largest absolute Gasteiger partial charge is 0.390 e. The van der Waals surface area contributed by atoms with Crippen molar-refractivity contribution in [2.24, 2.45) is 0 Å². The Balaban J connectivity index is 2.63. The normalized spacial score (nSPS) is 12.7. The van der Waals surface area contributed by atoms with Crippen molar-refractivity contribution in [3.05, 3.63) is 26.8 Å². The quantitative estimate of drug-likeness (QED) is 0.758. The first-order chi connectivity index (χ1) is 8.06. The molecular formula is C11H18BrN3O2. The number of aromatic nitrogens is 2. The molecule has 0 aliphatic carbocycles. The van der Waals surface area contributed by atoms with E-state index in [1.807, 2.05) is 0 Å². The van der Waals surface area contributed by atoms with Gasteiger partial charge in [-0.3, -0.25) is 9.36 Å². The van der Waals surface area contributed by atoms with Gasteiger partial charge >= 0.3 is 0 Å². The average Bonchev–Trinajstić information content (AvgIpc) is 2.30. The van der Waals surface area contributed by atoms with E-state index in [2.05, 4.69) is 33.2 Å². The highest BCUT2D eigenvalue weighted by Gasteiger charge is 2.09. The van der Waals surface area contributed by atoms with Gasteiger partial charge in [0.2, 0.25) is 0 Å². The van der Waals surface area contributed by atoms with Crippen molar-refractivity contribution >= 4 is 15.9 Å². The Hall–Kier alpha value is -0.720. The van der Waals surface area contributed by atoms with E-state index < -0.39 is 6.10 Å². The lowest BCUT2D eigenvalue weighted by atomic mass is 10.3. The van der Waals surface area contributed by atoms with Crippen LogP contribution in [0.25, 0.3) is 0 Å². The molecule has 6 heteroatoms. The van der Waals surface area contributed by atoms with Gasteiger partial charge in [0.05, 0.1) is 24.7 Å². The molecule has 0 aliphatic rings. The van der Waals surface area contributed by atoms with Gasteiger partial charge in [0.1, 0.15) is 4.47 Å². The number of rotatable bonds is 6. The first-order valence-corrected chi connectivity index (χ1v) is 6.45. The molecule has 1 aromatic heterocycles. The van der Waals surface area contributed by atoms with Crippen LogP contribution in [-0.4, -0.2) is 33.9 Å². The predicted octanol–water partition coefficient (Wildman–Crippen LogP) is 0.675. The molecule has 0 bridgehead atoms. The summed E-state index contributed by atoms with van der Waals surface area (Å²) in [6, 6.07) is 0. The van der Waals surface area contributed by atoms with Gasteiger partial charge in [-0.1, -0.05) is 6.92 Å². The Labute approximate surface area is 109 Å². The molecule has 1 rings (SSSR count). The van der Waals surface area contributed by atoms with Gasteiger partial charge < -0.3 is 10.4 Å². The lowest BCUT2D eigenvalue weighted by Gasteiger charge is -2.13. The molecule has 0 amide bonds. The summed E-state index contributed by atoms with van der Waals surface area (Å²) in [7, 11) is 0. The number of nitrogens with one attached hydrogen (secondary N) is 1. The zero-order valence-electron chi connectivity index (χ0n) is 10.1. The van der Waals surface area contributed by atoms with E-state index in [0.717, 1.165) is 13.0 Å². The minimum Gasteiger partial charge on any atom is -0.390 e. The summed E-state index contributed by atoms with van der Waals surface area (Å²) in [6.45, 7) is 5.41. The van der Waals surface area contributed by atoms with E-state index in [1.54, 1.807) is 6.92 Å². The summed E-state index contributed by atoms with van der Waals surface area (Å²) in [6.07, 6.45) is 1.89. The third kappa shape index (κ3) is 4.22. The fourth-order valence-corrected chi connectivity index (χ4v) is 1.74. The molecule has 1 unspecified atom stereocenters. The van der Waals surface area contributed by atoms with E-state index >= 15 is 0 Å². The van der Waals surface area contributed by atoms with Crippen LogP contribution in [0.5, 0.6) is 0 Å². The third-order valence-electron chi connectivity index (χ3n) is 2.37. The molecule has 5 nitrogen and oxygen atoms in total. The van der Waals surface area contributed by atoms with E-state index in [-0.39, 0.29) is 12.1 Å². The maximum absolute atomic E-state index is 11.8. The molecule has 0 aliphatic heterocycles. The molecule has 0 fully saturated rings. The van der Waals surface area contributed by atoms with Crippen LogP contribution >= 0.6 is 15.9 Å². The number of aryl methyl sites for hydroxylation is 1. The fourth-order valence-electron chi connectivity index (χ4n) is 1.41. The van der Waals surface area contributed by atoms with Gasteiger partial charge in [-0.2, -0.15) is 0 Å². The highest BCUT2D eigenvalue weighted by Crippen LogP contribution is 2.06. The van der Waals surface area contributed by atoms with Crippen molar-refractivity contribution in [2.45, 2.75) is 32.9 Å². The van der Waals surface area contributed by atoms with Crippen LogP contribution in [0.15, 0.2) is 15.6 Å². The highest BCUT2D eigenvalue weighted by molar-refractivity contribution is 9.10. The molecule has 0 saturated carbocycles. The molecule has 2 N–H and O–H groups in total. The number of aliphatic hydroxyl groups excluding tert-OH is 1. The fraction of sp³-hybridized carbons (Fsp3) is 0.636. The zero-order valence-corrected chi connectivity index (χ0v) is 11.7. The standard InChI is InChI=1S/C11H18BrN3O2/c1-3-4-13-5-9(16)6-15-7-14-8(2)10(12)11(15)17/h7,9,13,16H,3-6H2,1-2H3. The van der Waals surface area contributed by atoms with Crippen molar-refractivity contribution < 1.29 is 5.11 Å². The maximum atomic E-state index is 11.8. The molecule has 0 saturated heterocycles. The SMILES string of the molecule is CCCNCC(O)Cn1cnc(C)c(Br)c1=O. The van der Waals surface area contributed by atoms with E-state index in [0.29, 0.717) is 16.7 Å². The Kier molecular flexibility index (Phi) is 5.80. The molecular weight excluding hydrogens is 286 g/mol. The molecule has 0 aromatic carbocycles. The Bertz CT molecular complexity index is 420. The van der Waals surface area contributed by atoms with Crippen molar-refractivity contribution in [1.82, 2.24) is 14.9 Å². The van der Waals surface area contributed by atoms with Crippen LogP contribution in [0.4, 0.5) is 0 Å². The average molecular weight is 304 g/mol. The second-order valence-corrected chi connectivity index (χ2v) is 4.75. The predicted molar refractivity (Wildman–Crippen MR) is 70.1 cm³/mol. The Morgan fingerprint density at radius 3 is 3.00 bits per heavy atom. The second-order valence-electron chi connectivity index (χ2n) is 3.96. The first kappa shape index (κ1) is 14.3. The number of halogens is 1. The molecule has 0 radical (unpaired) electrons. The second kappa shape index (κ2) is 6.88. The van der Waals surface area contributed by atoms with Crippen LogP contribution in [0, 0.1) is 6.92 Å². The van der Waals surface area contributed by atoms with E-state index in [1.165, 1.54) is 10.9 Å². The van der Waals surface area contributed by atoms with Gasteiger partial charge in [-0.25, -0.2) is 4.98 Å². The lowest BCUT2D eigenvalue weighted by Crippen LogP contribution is -2.34. The maximum Gasteiger partial charge on any atom is 0.267 e. The summed E-state index contributed by atoms with van der Waals surface area (Å²) in [5.41, 5.74) is 0.497. The van der Waals surface area contributed by atoms with Gasteiger partial charge in [-0.15, -0.1) is 0 Å². The van der Waals surface area contributed by atoms with E-state index in [9.17, 15) is 9.90 Å². The van der Waals surface area contributed by atoms with Crippen LogP contribution < -0.4 is 10.9 Å². The third-order valence-corrected chi connectivity index (χ3v) is 3.28. The summed E-state index contributed by atoms with van der Waals surface area (Å²) in [4.78, 5) is 15.9. The van der Waals surface area contributed by atoms with Gasteiger partial charge in [0, 0.05) is 6.54 Å². The lowest BCUT2D eigenvalue weighted by molar-refractivity contribution is 0.150. The van der Waals surface area contributed by atoms with Gasteiger partial charge in [0.25, 0.3) is 5.56 Å². The van der Waals surface area contributed by atoms with Crippen molar-refractivity contribution in [3.8, 4) is 0 Å². The molecule has 1 heterocycles. The zero-order chi connectivity index (χ0) is 12.8. The first-order valence-electron chi connectivity index (χ1n) is 5.66. The summed E-state index contributed by atoms with van der Waals surface area (Å²) in [5, 5.41) is 12.9. The molecule has 1 aromatic rings. The smallest absolute Gasteiger partial charge is 0.267 e. The number of hydrogen-bond donors (Lipinski definition) is 2. The van der Waals surface area contributed by atoms with Crippen LogP contribution in [0.1, 0.15) is 19.0 Å². The highest BCUT2D eigenvalue weighted by atomic mass is 79.9. The molecule has 96 valence electrons. The van der Waals surface area contributed by atoms with Crippen molar-refractivity contribution in [2.75, 3.05) is 13.1 Å². The monoisotopic (exact) mass is 303 g/mol. The minimum atomic E-state index is -0.587. The van der Waals surface area contributed by atoms with Crippen LogP contribution in [-0.2, 0) is 6.54 Å². The van der Waals surface area contributed by atoms with E-state index in [4.69, 9.17) is 0 Å². The van der Waals surface area contributed by atoms with Crippen molar-refractivity contribution in [3.63, 3.8) is 0 Å². The molecule has 1 atom stereocenters. The number of nitrogens with zero attached hydrogens (tertiary/aromatic N) is 2. The number of aliphatic hydroxyl groups is 1. The van der Waals surface area contributed by atoms with Crippen LogP contribution in [0.3, 0.4) is 0 Å². The summed E-state index contributed by atoms with van der Waals surface area (Å²) in [5.74, 6) is 0. The Morgan fingerprint density at radius 2 is 2.35 bits per heavy atom. The Morgan fingerprint density at radius 1 is 1.65 bits per heavy atom. The molecule has 17 heavy (non-hydrogen) atoms. The minimum absolute atomic E-state index is 0.160. The molecule has 0 spiro atoms. The topological polar surface area (TPSA) is 67.2 Å². The number of hydrogen-bond acceptors (Lipinski definition) is 4. The van der Waals surface area contributed by atoms with Crippen molar-refractivity contribution in [1.29, 1.82) is 0 Å².